The van der Waals surface area contributed by atoms with Gasteiger partial charge in [-0.3, -0.25) is 0 Å². The lowest BCUT2D eigenvalue weighted by atomic mass is 9.81. The molecule has 0 N–H and O–H groups in total. The summed E-state index contributed by atoms with van der Waals surface area (Å²) in [6.07, 6.45) is 0. The van der Waals surface area contributed by atoms with Gasteiger partial charge in [-0.1, -0.05) is 207 Å². The molecule has 0 radical (unpaired) electrons. The zero-order valence-electron chi connectivity index (χ0n) is 37.9. The van der Waals surface area contributed by atoms with Crippen molar-refractivity contribution in [3.63, 3.8) is 0 Å². The summed E-state index contributed by atoms with van der Waals surface area (Å²) >= 11 is 3.86. The number of anilines is 3. The van der Waals surface area contributed by atoms with Crippen molar-refractivity contribution in [2.75, 3.05) is 4.90 Å². The second-order valence-corrected chi connectivity index (χ2v) is 20.6. The van der Waals surface area contributed by atoms with Crippen LogP contribution >= 0.6 is 23.5 Å². The molecule has 2 nitrogen and oxygen atoms in total. The first-order valence-electron chi connectivity index (χ1n) is 23.4. The van der Waals surface area contributed by atoms with E-state index in [0.717, 1.165) is 23.6 Å². The molecule has 1 aromatic heterocycles. The zero-order valence-corrected chi connectivity index (χ0v) is 39.5. The van der Waals surface area contributed by atoms with E-state index < -0.39 is 0 Å². The minimum Gasteiger partial charge on any atom is -0.336 e. The fourth-order valence-electron chi connectivity index (χ4n) is 10.8. The highest BCUT2D eigenvalue weighted by Crippen LogP contribution is 2.60. The third kappa shape index (κ3) is 6.81. The lowest BCUT2D eigenvalue weighted by Gasteiger charge is -2.28. The average Bonchev–Trinajstić information content (AvgIpc) is 3.84. The van der Waals surface area contributed by atoms with Crippen molar-refractivity contribution in [1.29, 1.82) is 0 Å². The summed E-state index contributed by atoms with van der Waals surface area (Å²) < 4.78 is 2.60. The summed E-state index contributed by atoms with van der Waals surface area (Å²) in [5, 5.41) is 2.63. The topological polar surface area (TPSA) is 8.17 Å². The Balaban J connectivity index is 0.827. The molecule has 4 heteroatoms. The minimum atomic E-state index is -0.190. The Kier molecular flexibility index (Phi) is 9.81. The van der Waals surface area contributed by atoms with Crippen LogP contribution in [-0.2, 0) is 12.0 Å². The van der Waals surface area contributed by atoms with Gasteiger partial charge in [0.05, 0.1) is 5.52 Å². The lowest BCUT2D eigenvalue weighted by molar-refractivity contribution is 0.643. The predicted molar refractivity (Wildman–Crippen MR) is 288 cm³/mol. The van der Waals surface area contributed by atoms with Gasteiger partial charge in [0.1, 0.15) is 0 Å². The normalized spacial score (nSPS) is 13.2. The molecule has 2 aliphatic rings. The summed E-state index contributed by atoms with van der Waals surface area (Å²) in [4.78, 5) is 7.82. The molecule has 11 aromatic rings. The molecule has 0 saturated heterocycles. The molecule has 0 unspecified atom stereocenters. The highest BCUT2D eigenvalue weighted by molar-refractivity contribution is 8.05. The van der Waals surface area contributed by atoms with E-state index in [1.165, 1.54) is 103 Å². The average molecular weight is 907 g/mol. The fourth-order valence-corrected chi connectivity index (χ4v) is 13.4. The van der Waals surface area contributed by atoms with Crippen LogP contribution < -0.4 is 4.90 Å². The van der Waals surface area contributed by atoms with Crippen LogP contribution in [0.15, 0.2) is 250 Å². The van der Waals surface area contributed by atoms with Crippen LogP contribution in [0, 0.1) is 0 Å². The number of fused-ring (bicyclic) bond motifs is 10. The van der Waals surface area contributed by atoms with Crippen LogP contribution in [0.4, 0.5) is 17.1 Å². The maximum atomic E-state index is 2.60. The van der Waals surface area contributed by atoms with Crippen LogP contribution in [0.1, 0.15) is 30.5 Å². The molecular formula is C64H46N2S2. The van der Waals surface area contributed by atoms with Crippen molar-refractivity contribution >= 4 is 62.4 Å². The van der Waals surface area contributed by atoms with Crippen LogP contribution in [0.25, 0.3) is 66.3 Å². The van der Waals surface area contributed by atoms with E-state index in [2.05, 4.69) is 254 Å². The van der Waals surface area contributed by atoms with Crippen molar-refractivity contribution in [3.05, 3.63) is 247 Å². The zero-order chi connectivity index (χ0) is 45.3. The highest BCUT2D eigenvalue weighted by atomic mass is 32.2. The second kappa shape index (κ2) is 16.4. The maximum absolute atomic E-state index is 2.60. The third-order valence-electron chi connectivity index (χ3n) is 14.1. The van der Waals surface area contributed by atoms with Gasteiger partial charge in [0.25, 0.3) is 0 Å². The highest BCUT2D eigenvalue weighted by Gasteiger charge is 2.42. The van der Waals surface area contributed by atoms with Crippen molar-refractivity contribution in [1.82, 2.24) is 4.57 Å². The van der Waals surface area contributed by atoms with E-state index in [-0.39, 0.29) is 5.41 Å². The van der Waals surface area contributed by atoms with Gasteiger partial charge in [-0.2, -0.15) is 0 Å². The van der Waals surface area contributed by atoms with Crippen LogP contribution in [-0.4, -0.2) is 4.57 Å². The number of hydrogen-bond donors (Lipinski definition) is 0. The van der Waals surface area contributed by atoms with E-state index in [1.54, 1.807) is 0 Å². The van der Waals surface area contributed by atoms with Gasteiger partial charge in [-0.05, 0) is 122 Å². The molecule has 0 spiro atoms. The number of hydrogen-bond acceptors (Lipinski definition) is 3. The van der Waals surface area contributed by atoms with Crippen molar-refractivity contribution in [2.45, 2.75) is 45.4 Å². The Morgan fingerprint density at radius 1 is 0.382 bits per heavy atom. The molecule has 2 heterocycles. The number of para-hydroxylation sites is 1. The Morgan fingerprint density at radius 2 is 0.838 bits per heavy atom. The summed E-state index contributed by atoms with van der Waals surface area (Å²) in [5.74, 6) is 0. The van der Waals surface area contributed by atoms with Crippen molar-refractivity contribution < 1.29 is 0 Å². The molecule has 13 rings (SSSR count). The molecule has 0 saturated carbocycles. The Morgan fingerprint density at radius 3 is 1.41 bits per heavy atom. The van der Waals surface area contributed by atoms with E-state index in [1.807, 2.05) is 23.5 Å². The summed E-state index contributed by atoms with van der Waals surface area (Å²) in [6, 6.07) is 84.6. The maximum Gasteiger partial charge on any atom is 0.0542 e. The van der Waals surface area contributed by atoms with E-state index in [9.17, 15) is 0 Å². The second-order valence-electron chi connectivity index (χ2n) is 18.5. The summed E-state index contributed by atoms with van der Waals surface area (Å²) in [6.45, 7) is 5.69. The Labute approximate surface area is 406 Å². The quantitative estimate of drug-likeness (QED) is 0.150. The molecule has 0 fully saturated rings. The predicted octanol–water partition coefficient (Wildman–Crippen LogP) is 18.2. The van der Waals surface area contributed by atoms with E-state index >= 15 is 0 Å². The van der Waals surface area contributed by atoms with Gasteiger partial charge in [-0.25, -0.2) is 0 Å². The van der Waals surface area contributed by atoms with Crippen LogP contribution in [0.3, 0.4) is 0 Å². The molecule has 0 amide bonds. The number of nitrogens with zero attached hydrogens (tertiary/aromatic N) is 2. The van der Waals surface area contributed by atoms with E-state index in [0.29, 0.717) is 0 Å². The van der Waals surface area contributed by atoms with Crippen molar-refractivity contribution in [3.8, 4) is 44.5 Å². The third-order valence-corrected chi connectivity index (χ3v) is 16.7. The molecule has 324 valence electrons. The molecule has 1 aliphatic carbocycles. The van der Waals surface area contributed by atoms with Gasteiger partial charge in [0, 0.05) is 64.9 Å². The van der Waals surface area contributed by atoms with Gasteiger partial charge in [-0.15, -0.1) is 0 Å². The molecule has 0 atom stereocenters. The largest absolute Gasteiger partial charge is 0.336 e. The number of aromatic nitrogens is 1. The molecule has 10 aromatic carbocycles. The van der Waals surface area contributed by atoms with Gasteiger partial charge in [0.2, 0.25) is 0 Å². The van der Waals surface area contributed by atoms with Crippen molar-refractivity contribution in [2.24, 2.45) is 0 Å². The number of rotatable bonds is 8. The first-order chi connectivity index (χ1) is 33.5. The number of benzene rings is 10. The smallest absolute Gasteiger partial charge is 0.0542 e. The van der Waals surface area contributed by atoms with Crippen LogP contribution in [0.5, 0.6) is 0 Å². The minimum absolute atomic E-state index is 0.190. The Bertz CT molecular complexity index is 3600. The molecule has 68 heavy (non-hydrogen) atoms. The monoisotopic (exact) mass is 906 g/mol. The summed E-state index contributed by atoms with van der Waals surface area (Å²) in [7, 11) is 0. The van der Waals surface area contributed by atoms with Crippen LogP contribution in [0.2, 0.25) is 0 Å². The molecule has 1 aliphatic heterocycles. The molecule has 0 bridgehead atoms. The SMILES string of the molecule is CC1(C)c2c(ccc3c2Sc2ccccc2S3)-c2ccc3c4ccccc4n(Cc4ccc(-c5ccc(N(c6ccc(-c7ccccc7)cc6)c6ccc(-c7ccccc7)cc6)cc5)cc4)c3c21. The first kappa shape index (κ1) is 40.7. The summed E-state index contributed by atoms with van der Waals surface area (Å²) in [5.41, 5.74) is 19.9. The van der Waals surface area contributed by atoms with Gasteiger partial charge >= 0.3 is 0 Å². The fraction of sp³-hybridized carbons (Fsp3) is 0.0625. The first-order valence-corrected chi connectivity index (χ1v) is 25.1. The Hall–Kier alpha value is -7.50. The lowest BCUT2D eigenvalue weighted by Crippen LogP contribution is -2.18. The standard InChI is InChI=1S/C64H46N2S2/c1-64(2)60-53(54-39-40-59-63(61(54)64)68-58-20-12-11-19-57(58)67-59)37-38-55-52-17-9-10-18-56(52)65(62(55)60)41-42-21-23-45(24-22-42)48-29-35-51(36-30-48)66(49-31-25-46(26-32-49)43-13-5-3-6-14-43)50-33-27-47(28-34-50)44-15-7-4-8-16-44/h3-40H,41H2,1-2H3. The van der Waals surface area contributed by atoms with Gasteiger partial charge in [0.15, 0.2) is 0 Å². The van der Waals surface area contributed by atoms with E-state index in [4.69, 9.17) is 0 Å². The van der Waals surface area contributed by atoms with Gasteiger partial charge < -0.3 is 9.47 Å². The molecular weight excluding hydrogens is 861 g/mol.